The normalized spacial score (nSPS) is 10.6. The van der Waals surface area contributed by atoms with Crippen molar-refractivity contribution in [3.8, 4) is 11.3 Å². The smallest absolute Gasteiger partial charge is 0.103 e. The van der Waals surface area contributed by atoms with E-state index in [0.29, 0.717) is 0 Å². The van der Waals surface area contributed by atoms with Crippen molar-refractivity contribution >= 4 is 15.9 Å². The van der Waals surface area contributed by atoms with Gasteiger partial charge in [-0.2, -0.15) is 0 Å². The van der Waals surface area contributed by atoms with E-state index in [1.165, 1.54) is 5.69 Å². The summed E-state index contributed by atoms with van der Waals surface area (Å²) in [5.74, 6) is 0.970. The quantitative estimate of drug-likeness (QED) is 0.881. The van der Waals surface area contributed by atoms with Crippen molar-refractivity contribution in [1.82, 2.24) is 9.97 Å². The van der Waals surface area contributed by atoms with Gasteiger partial charge in [0.15, 0.2) is 0 Å². The molecule has 1 heterocycles. The summed E-state index contributed by atoms with van der Waals surface area (Å²) >= 11 is 3.55. The lowest BCUT2D eigenvalue weighted by Crippen LogP contribution is -1.86. The number of aryl methyl sites for hydroxylation is 2. The molecule has 0 aliphatic carbocycles. The highest BCUT2D eigenvalue weighted by Gasteiger charge is 2.10. The number of aromatic amines is 1. The second kappa shape index (κ2) is 4.19. The Hall–Kier alpha value is -1.09. The number of hydrogen-bond acceptors (Lipinski definition) is 1. The summed E-state index contributed by atoms with van der Waals surface area (Å²) in [5, 5.41) is 0. The van der Waals surface area contributed by atoms with Crippen LogP contribution in [0.5, 0.6) is 0 Å². The van der Waals surface area contributed by atoms with Gasteiger partial charge in [0.25, 0.3) is 0 Å². The van der Waals surface area contributed by atoms with Gasteiger partial charge in [-0.1, -0.05) is 41.1 Å². The number of hydrogen-bond donors (Lipinski definition) is 1. The molecule has 0 radical (unpaired) electrons. The average Bonchev–Trinajstić information content (AvgIpc) is 2.60. The number of halogens is 1. The molecule has 0 aliphatic rings. The minimum Gasteiger partial charge on any atom is -0.346 e. The Morgan fingerprint density at radius 2 is 2.07 bits per heavy atom. The lowest BCUT2D eigenvalue weighted by Gasteiger charge is -2.02. The van der Waals surface area contributed by atoms with Crippen molar-refractivity contribution < 1.29 is 0 Å². The monoisotopic (exact) mass is 264 g/mol. The van der Waals surface area contributed by atoms with E-state index in [-0.39, 0.29) is 0 Å². The van der Waals surface area contributed by atoms with Crippen LogP contribution in [-0.2, 0) is 6.42 Å². The Bertz CT molecular complexity index is 474. The third-order valence-corrected chi connectivity index (χ3v) is 3.07. The number of imidazole rings is 1. The Morgan fingerprint density at radius 1 is 1.33 bits per heavy atom. The summed E-state index contributed by atoms with van der Waals surface area (Å²) in [6.45, 7) is 4.12. The van der Waals surface area contributed by atoms with Crippen molar-refractivity contribution in [3.05, 3.63) is 40.3 Å². The van der Waals surface area contributed by atoms with E-state index in [1.807, 2.05) is 25.1 Å². The zero-order chi connectivity index (χ0) is 10.8. The first-order valence-electron chi connectivity index (χ1n) is 5.02. The molecular weight excluding hydrogens is 252 g/mol. The zero-order valence-corrected chi connectivity index (χ0v) is 10.4. The van der Waals surface area contributed by atoms with Crippen molar-refractivity contribution in [2.24, 2.45) is 0 Å². The van der Waals surface area contributed by atoms with Gasteiger partial charge in [0, 0.05) is 15.7 Å². The Morgan fingerprint density at radius 3 is 2.73 bits per heavy atom. The first-order chi connectivity index (χ1) is 7.22. The fourth-order valence-electron chi connectivity index (χ4n) is 1.67. The molecule has 0 amide bonds. The number of rotatable bonds is 2. The fourth-order valence-corrected chi connectivity index (χ4v) is 2.15. The summed E-state index contributed by atoms with van der Waals surface area (Å²) in [7, 11) is 0. The molecule has 2 nitrogen and oxygen atoms in total. The molecule has 0 spiro atoms. The molecule has 3 heteroatoms. The van der Waals surface area contributed by atoms with Gasteiger partial charge in [0.2, 0.25) is 0 Å². The SMILES string of the molecule is CCc1[nH]c(C)nc1-c1ccccc1Br. The van der Waals surface area contributed by atoms with E-state index >= 15 is 0 Å². The predicted molar refractivity (Wildman–Crippen MR) is 65.8 cm³/mol. The van der Waals surface area contributed by atoms with Gasteiger partial charge < -0.3 is 4.98 Å². The van der Waals surface area contributed by atoms with Crippen molar-refractivity contribution in [3.63, 3.8) is 0 Å². The summed E-state index contributed by atoms with van der Waals surface area (Å²) in [6, 6.07) is 8.17. The van der Waals surface area contributed by atoms with E-state index in [4.69, 9.17) is 0 Å². The molecule has 0 saturated carbocycles. The maximum atomic E-state index is 4.53. The average molecular weight is 265 g/mol. The number of H-pyrrole nitrogens is 1. The van der Waals surface area contributed by atoms with Crippen LogP contribution in [0.1, 0.15) is 18.4 Å². The lowest BCUT2D eigenvalue weighted by molar-refractivity contribution is 1.04. The molecule has 1 aromatic carbocycles. The maximum absolute atomic E-state index is 4.53. The summed E-state index contributed by atoms with van der Waals surface area (Å²) in [4.78, 5) is 7.82. The third kappa shape index (κ3) is 1.97. The summed E-state index contributed by atoms with van der Waals surface area (Å²) in [6.07, 6.45) is 0.970. The van der Waals surface area contributed by atoms with Crippen LogP contribution in [0.3, 0.4) is 0 Å². The highest BCUT2D eigenvalue weighted by Crippen LogP contribution is 2.29. The largest absolute Gasteiger partial charge is 0.346 e. The van der Waals surface area contributed by atoms with Crippen molar-refractivity contribution in [2.75, 3.05) is 0 Å². The molecule has 2 aromatic rings. The second-order valence-electron chi connectivity index (χ2n) is 3.48. The number of aromatic nitrogens is 2. The van der Waals surface area contributed by atoms with Gasteiger partial charge in [-0.25, -0.2) is 4.98 Å². The van der Waals surface area contributed by atoms with Crippen LogP contribution in [0, 0.1) is 6.92 Å². The molecule has 15 heavy (non-hydrogen) atoms. The molecule has 78 valence electrons. The molecule has 1 N–H and O–H groups in total. The standard InChI is InChI=1S/C12H13BrN2/c1-3-11-12(15-8(2)14-11)9-6-4-5-7-10(9)13/h4-7H,3H2,1-2H3,(H,14,15). The van der Waals surface area contributed by atoms with E-state index in [0.717, 1.165) is 28.0 Å². The van der Waals surface area contributed by atoms with Crippen LogP contribution < -0.4 is 0 Å². The first-order valence-corrected chi connectivity index (χ1v) is 5.82. The van der Waals surface area contributed by atoms with Crippen LogP contribution in [0.15, 0.2) is 28.7 Å². The predicted octanol–water partition coefficient (Wildman–Crippen LogP) is 3.71. The van der Waals surface area contributed by atoms with Crippen LogP contribution in [0.4, 0.5) is 0 Å². The van der Waals surface area contributed by atoms with Gasteiger partial charge in [-0.3, -0.25) is 0 Å². The molecule has 0 fully saturated rings. The van der Waals surface area contributed by atoms with Crippen LogP contribution >= 0.6 is 15.9 Å². The van der Waals surface area contributed by atoms with E-state index < -0.39 is 0 Å². The van der Waals surface area contributed by atoms with Crippen LogP contribution in [-0.4, -0.2) is 9.97 Å². The van der Waals surface area contributed by atoms with Crippen LogP contribution in [0.2, 0.25) is 0 Å². The molecule has 0 atom stereocenters. The Balaban J connectivity index is 2.58. The molecule has 0 bridgehead atoms. The summed E-state index contributed by atoms with van der Waals surface area (Å²) in [5.41, 5.74) is 3.40. The third-order valence-electron chi connectivity index (χ3n) is 2.38. The topological polar surface area (TPSA) is 28.7 Å². The van der Waals surface area contributed by atoms with Crippen molar-refractivity contribution in [2.45, 2.75) is 20.3 Å². The van der Waals surface area contributed by atoms with Gasteiger partial charge in [0.05, 0.1) is 5.69 Å². The van der Waals surface area contributed by atoms with Gasteiger partial charge in [-0.15, -0.1) is 0 Å². The highest BCUT2D eigenvalue weighted by molar-refractivity contribution is 9.10. The Kier molecular flexibility index (Phi) is 2.91. The minimum atomic E-state index is 0.970. The lowest BCUT2D eigenvalue weighted by atomic mass is 10.1. The molecular formula is C12H13BrN2. The van der Waals surface area contributed by atoms with Gasteiger partial charge in [0.1, 0.15) is 5.82 Å². The summed E-state index contributed by atoms with van der Waals surface area (Å²) < 4.78 is 1.09. The maximum Gasteiger partial charge on any atom is 0.103 e. The van der Waals surface area contributed by atoms with Crippen molar-refractivity contribution in [1.29, 1.82) is 0 Å². The van der Waals surface area contributed by atoms with Crippen LogP contribution in [0.25, 0.3) is 11.3 Å². The zero-order valence-electron chi connectivity index (χ0n) is 8.84. The number of benzene rings is 1. The molecule has 0 aliphatic heterocycles. The van der Waals surface area contributed by atoms with E-state index in [9.17, 15) is 0 Å². The highest BCUT2D eigenvalue weighted by atomic mass is 79.9. The second-order valence-corrected chi connectivity index (χ2v) is 4.34. The van der Waals surface area contributed by atoms with E-state index in [2.05, 4.69) is 38.9 Å². The molecule has 0 saturated heterocycles. The molecule has 2 rings (SSSR count). The Labute approximate surface area is 97.9 Å². The molecule has 1 aromatic heterocycles. The first kappa shape index (κ1) is 10.4. The van der Waals surface area contributed by atoms with E-state index in [1.54, 1.807) is 0 Å². The molecule has 0 unspecified atom stereocenters. The van der Waals surface area contributed by atoms with Gasteiger partial charge in [-0.05, 0) is 19.4 Å². The minimum absolute atomic E-state index is 0.970. The number of nitrogens with zero attached hydrogens (tertiary/aromatic N) is 1. The number of nitrogens with one attached hydrogen (secondary N) is 1. The fraction of sp³-hybridized carbons (Fsp3) is 0.250. The van der Waals surface area contributed by atoms with Gasteiger partial charge >= 0.3 is 0 Å².